The second-order valence-electron chi connectivity index (χ2n) is 16.5. The van der Waals surface area contributed by atoms with E-state index in [2.05, 4.69) is 240 Å². The lowest BCUT2D eigenvalue weighted by Crippen LogP contribution is -2.73. The lowest BCUT2D eigenvalue weighted by atomic mass is 10.1. The number of rotatable bonds is 6. The lowest BCUT2D eigenvalue weighted by molar-refractivity contribution is 1.16. The molecule has 294 valence electrons. The van der Waals surface area contributed by atoms with Crippen molar-refractivity contribution in [2.75, 3.05) is 0 Å². The SMILES string of the molecule is c1ccc(-c2nc(-c3cccc(-n4c5ccccc5c5ccc6c(c7ccccc7n6-c6ccccc6)c54)c3)nc3c2[Si](c2ccccc2)(c2ccccc2)c2ccccc2-3)cc1. The Balaban J connectivity index is 1.10. The summed E-state index contributed by atoms with van der Waals surface area (Å²) >= 11 is 0. The molecule has 0 spiro atoms. The van der Waals surface area contributed by atoms with Gasteiger partial charge in [-0.15, -0.1) is 0 Å². The van der Waals surface area contributed by atoms with Crippen molar-refractivity contribution in [2.24, 2.45) is 0 Å². The average molecular weight is 819 g/mol. The first-order chi connectivity index (χ1) is 31.3. The summed E-state index contributed by atoms with van der Waals surface area (Å²) in [7, 11) is -2.90. The van der Waals surface area contributed by atoms with Crippen LogP contribution in [0.25, 0.3) is 88.9 Å². The Morgan fingerprint density at radius 2 is 0.921 bits per heavy atom. The summed E-state index contributed by atoms with van der Waals surface area (Å²) < 4.78 is 4.86. The van der Waals surface area contributed by atoms with E-state index in [0.29, 0.717) is 5.82 Å². The number of para-hydroxylation sites is 3. The summed E-state index contributed by atoms with van der Waals surface area (Å²) in [5, 5.41) is 10.1. The predicted octanol–water partition coefficient (Wildman–Crippen LogP) is 11.4. The van der Waals surface area contributed by atoms with Crippen LogP contribution in [0.1, 0.15) is 0 Å². The highest BCUT2D eigenvalue weighted by molar-refractivity contribution is 7.22. The van der Waals surface area contributed by atoms with E-state index < -0.39 is 8.07 Å². The summed E-state index contributed by atoms with van der Waals surface area (Å²) in [5.41, 5.74) is 12.2. The second kappa shape index (κ2) is 14.0. The van der Waals surface area contributed by atoms with E-state index in [1.165, 1.54) is 64.4 Å². The molecule has 1 aliphatic rings. The monoisotopic (exact) mass is 818 g/mol. The van der Waals surface area contributed by atoms with Gasteiger partial charge < -0.3 is 9.13 Å². The molecule has 1 aliphatic heterocycles. The van der Waals surface area contributed by atoms with Crippen molar-refractivity contribution in [3.05, 3.63) is 231 Å². The first kappa shape index (κ1) is 35.6. The van der Waals surface area contributed by atoms with Gasteiger partial charge in [-0.1, -0.05) is 188 Å². The van der Waals surface area contributed by atoms with Gasteiger partial charge in [-0.05, 0) is 58.0 Å². The van der Waals surface area contributed by atoms with E-state index in [1.54, 1.807) is 0 Å². The van der Waals surface area contributed by atoms with Gasteiger partial charge in [0.15, 0.2) is 13.9 Å². The molecule has 0 saturated heterocycles. The highest BCUT2D eigenvalue weighted by atomic mass is 28.3. The maximum atomic E-state index is 5.70. The topological polar surface area (TPSA) is 35.6 Å². The van der Waals surface area contributed by atoms with Gasteiger partial charge in [0.2, 0.25) is 0 Å². The molecule has 4 heterocycles. The molecule has 63 heavy (non-hydrogen) atoms. The number of hydrogen-bond donors (Lipinski definition) is 0. The van der Waals surface area contributed by atoms with Crippen molar-refractivity contribution in [3.63, 3.8) is 0 Å². The van der Waals surface area contributed by atoms with Crippen LogP contribution >= 0.6 is 0 Å². The molecule has 13 rings (SSSR count). The van der Waals surface area contributed by atoms with Crippen LogP contribution in [0.15, 0.2) is 231 Å². The zero-order chi connectivity index (χ0) is 41.5. The number of hydrogen-bond acceptors (Lipinski definition) is 2. The fraction of sp³-hybridized carbons (Fsp3) is 0. The molecule has 3 aromatic heterocycles. The molecule has 0 aliphatic carbocycles. The van der Waals surface area contributed by atoms with E-state index in [0.717, 1.165) is 39.4 Å². The fourth-order valence-corrected chi connectivity index (χ4v) is 15.9. The van der Waals surface area contributed by atoms with Crippen molar-refractivity contribution in [1.82, 2.24) is 19.1 Å². The average Bonchev–Trinajstić information content (AvgIpc) is 3.99. The Hall–Kier alpha value is -8.12. The van der Waals surface area contributed by atoms with Gasteiger partial charge in [0.05, 0.1) is 33.5 Å². The molecule has 0 amide bonds. The van der Waals surface area contributed by atoms with E-state index in [1.807, 2.05) is 0 Å². The first-order valence-electron chi connectivity index (χ1n) is 21.6. The zero-order valence-electron chi connectivity index (χ0n) is 34.2. The van der Waals surface area contributed by atoms with Crippen LogP contribution in [0.2, 0.25) is 0 Å². The molecule has 4 nitrogen and oxygen atoms in total. The standard InChI is InChI=1S/C58H38N4Si/c1-5-20-39(21-6-1)54-57-55(48-32-15-18-35-52(48)63(57,43-26-9-3-10-27-43)44-28-11-4-12-29-44)60-58(59-54)40-22-19-25-42(38-40)62-49-33-16-13-30-45(49)46-36-37-51-53(56(46)62)47-31-14-17-34-50(47)61(51)41-23-7-2-8-24-41/h1-38H. The quantitative estimate of drug-likeness (QED) is 0.157. The molecule has 0 N–H and O–H groups in total. The van der Waals surface area contributed by atoms with Gasteiger partial charge in [0, 0.05) is 54.8 Å². The highest BCUT2D eigenvalue weighted by Crippen LogP contribution is 2.42. The van der Waals surface area contributed by atoms with Crippen molar-refractivity contribution < 1.29 is 0 Å². The minimum Gasteiger partial charge on any atom is -0.309 e. The Bertz CT molecular complexity index is 3690. The summed E-state index contributed by atoms with van der Waals surface area (Å²) in [6.45, 7) is 0. The molecular weight excluding hydrogens is 781 g/mol. The van der Waals surface area contributed by atoms with E-state index >= 15 is 0 Å². The Morgan fingerprint density at radius 1 is 0.365 bits per heavy atom. The van der Waals surface area contributed by atoms with E-state index in [9.17, 15) is 0 Å². The Kier molecular flexibility index (Phi) is 7.89. The van der Waals surface area contributed by atoms with Crippen molar-refractivity contribution in [1.29, 1.82) is 0 Å². The molecule has 9 aromatic carbocycles. The van der Waals surface area contributed by atoms with Crippen molar-refractivity contribution in [2.45, 2.75) is 0 Å². The van der Waals surface area contributed by atoms with E-state index in [-0.39, 0.29) is 0 Å². The Morgan fingerprint density at radius 3 is 1.65 bits per heavy atom. The van der Waals surface area contributed by atoms with Crippen LogP contribution in [0, 0.1) is 0 Å². The van der Waals surface area contributed by atoms with Gasteiger partial charge in [0.1, 0.15) is 0 Å². The second-order valence-corrected chi connectivity index (χ2v) is 20.2. The summed E-state index contributed by atoms with van der Waals surface area (Å²) in [5.74, 6) is 0.710. The number of aromatic nitrogens is 4. The lowest BCUT2D eigenvalue weighted by Gasteiger charge is -2.32. The molecule has 0 unspecified atom stereocenters. The third-order valence-electron chi connectivity index (χ3n) is 13.2. The molecule has 12 aromatic rings. The molecular formula is C58H38N4Si. The van der Waals surface area contributed by atoms with Crippen molar-refractivity contribution >= 4 is 72.4 Å². The number of fused-ring (bicyclic) bond motifs is 10. The summed E-state index contributed by atoms with van der Waals surface area (Å²) in [6, 6.07) is 83.7. The molecule has 0 atom stereocenters. The Labute approximate surface area is 365 Å². The van der Waals surface area contributed by atoms with Crippen LogP contribution in [0.4, 0.5) is 0 Å². The third-order valence-corrected chi connectivity index (χ3v) is 18.0. The number of benzene rings is 9. The largest absolute Gasteiger partial charge is 0.309 e. The highest BCUT2D eigenvalue weighted by Gasteiger charge is 2.51. The normalized spacial score (nSPS) is 12.9. The summed E-state index contributed by atoms with van der Waals surface area (Å²) in [4.78, 5) is 11.4. The van der Waals surface area contributed by atoms with Gasteiger partial charge in [0.25, 0.3) is 0 Å². The van der Waals surface area contributed by atoms with Crippen LogP contribution in [0.5, 0.6) is 0 Å². The zero-order valence-corrected chi connectivity index (χ0v) is 35.2. The molecule has 0 saturated carbocycles. The molecule has 5 heteroatoms. The van der Waals surface area contributed by atoms with Crippen LogP contribution in [-0.4, -0.2) is 27.2 Å². The van der Waals surface area contributed by atoms with Gasteiger partial charge in [-0.2, -0.15) is 0 Å². The maximum Gasteiger partial charge on any atom is 0.185 e. The van der Waals surface area contributed by atoms with Gasteiger partial charge in [-0.25, -0.2) is 9.97 Å². The molecule has 0 bridgehead atoms. The smallest absolute Gasteiger partial charge is 0.185 e. The van der Waals surface area contributed by atoms with Crippen LogP contribution in [-0.2, 0) is 0 Å². The van der Waals surface area contributed by atoms with E-state index in [4.69, 9.17) is 9.97 Å². The predicted molar refractivity (Wildman–Crippen MR) is 264 cm³/mol. The minimum absolute atomic E-state index is 0.710. The fourth-order valence-electron chi connectivity index (χ4n) is 10.7. The third kappa shape index (κ3) is 5.14. The van der Waals surface area contributed by atoms with Gasteiger partial charge in [-0.3, -0.25) is 0 Å². The number of nitrogens with zero attached hydrogens (tertiary/aromatic N) is 4. The minimum atomic E-state index is -2.90. The first-order valence-corrected chi connectivity index (χ1v) is 23.6. The van der Waals surface area contributed by atoms with Crippen molar-refractivity contribution in [3.8, 4) is 45.3 Å². The van der Waals surface area contributed by atoms with Crippen LogP contribution < -0.4 is 20.7 Å². The maximum absolute atomic E-state index is 5.70. The summed E-state index contributed by atoms with van der Waals surface area (Å²) in [6.07, 6.45) is 0. The van der Waals surface area contributed by atoms with Crippen LogP contribution in [0.3, 0.4) is 0 Å². The molecule has 0 radical (unpaired) electrons. The van der Waals surface area contributed by atoms with Gasteiger partial charge >= 0.3 is 0 Å². The molecule has 0 fully saturated rings.